The van der Waals surface area contributed by atoms with Gasteiger partial charge in [0.2, 0.25) is 11.6 Å². The molecule has 0 bridgehead atoms. The highest BCUT2D eigenvalue weighted by molar-refractivity contribution is 6.01. The third-order valence-electron chi connectivity index (χ3n) is 8.12. The van der Waals surface area contributed by atoms with E-state index >= 15 is 0 Å². The number of methoxy groups -OCH3 is 3. The van der Waals surface area contributed by atoms with Crippen molar-refractivity contribution < 1.29 is 33.6 Å². The van der Waals surface area contributed by atoms with Crippen LogP contribution in [0.5, 0.6) is 23.0 Å². The van der Waals surface area contributed by atoms with Crippen LogP contribution in [0.1, 0.15) is 41.2 Å². The van der Waals surface area contributed by atoms with Crippen LogP contribution in [0.15, 0.2) is 107 Å². The van der Waals surface area contributed by atoms with Crippen molar-refractivity contribution >= 4 is 23.6 Å². The Morgan fingerprint density at radius 3 is 2.36 bits per heavy atom. The molecule has 4 aromatic carbocycles. The van der Waals surface area contributed by atoms with E-state index in [1.54, 1.807) is 60.7 Å². The molecule has 0 saturated heterocycles. The number of nitrogens with zero attached hydrogens (tertiary/aromatic N) is 4. The molecular formula is C38H39N5O7. The predicted molar refractivity (Wildman–Crippen MR) is 190 cm³/mol. The van der Waals surface area contributed by atoms with Crippen molar-refractivity contribution in [2.45, 2.75) is 31.0 Å². The molecule has 50 heavy (non-hydrogen) atoms. The molecule has 5 rings (SSSR count). The molecule has 1 aliphatic heterocycles. The molecule has 0 aromatic heterocycles. The molecule has 1 heterocycles. The summed E-state index contributed by atoms with van der Waals surface area (Å²) in [6, 6.07) is 27.4. The van der Waals surface area contributed by atoms with Gasteiger partial charge >= 0.3 is 0 Å². The summed E-state index contributed by atoms with van der Waals surface area (Å²) in [5.41, 5.74) is 11.0. The fraction of sp³-hybridized carbons (Fsp3) is 0.263. The lowest BCUT2D eigenvalue weighted by Gasteiger charge is -2.30. The van der Waals surface area contributed by atoms with E-state index < -0.39 is 17.6 Å². The van der Waals surface area contributed by atoms with Gasteiger partial charge in [0.15, 0.2) is 23.1 Å². The lowest BCUT2D eigenvalue weighted by atomic mass is 9.83. The summed E-state index contributed by atoms with van der Waals surface area (Å²) >= 11 is 0. The zero-order valence-corrected chi connectivity index (χ0v) is 28.1. The van der Waals surface area contributed by atoms with E-state index in [-0.39, 0.29) is 25.5 Å². The van der Waals surface area contributed by atoms with Crippen molar-refractivity contribution in [2.75, 3.05) is 34.5 Å². The number of benzene rings is 4. The average Bonchev–Trinajstić information content (AvgIpc) is 3.55. The molecule has 12 heteroatoms. The third-order valence-corrected chi connectivity index (χ3v) is 8.12. The lowest BCUT2D eigenvalue weighted by molar-refractivity contribution is -0.129. The van der Waals surface area contributed by atoms with Gasteiger partial charge in [0.05, 0.1) is 27.9 Å². The van der Waals surface area contributed by atoms with E-state index in [0.29, 0.717) is 58.4 Å². The molecule has 0 radical (unpaired) electrons. The second-order valence-corrected chi connectivity index (χ2v) is 11.3. The Kier molecular flexibility index (Phi) is 12.0. The number of carbonyl (C=O) groups is 1. The topological polar surface area (TPSA) is 157 Å². The molecule has 0 saturated carbocycles. The molecular weight excluding hydrogens is 638 g/mol. The van der Waals surface area contributed by atoms with Crippen LogP contribution in [-0.2, 0) is 16.1 Å². The first-order chi connectivity index (χ1) is 24.5. The Labute approximate surface area is 290 Å². The van der Waals surface area contributed by atoms with Crippen LogP contribution in [0.2, 0.25) is 0 Å². The number of nitrogens with one attached hydrogen (secondary N) is 1. The van der Waals surface area contributed by atoms with E-state index in [4.69, 9.17) is 33.8 Å². The van der Waals surface area contributed by atoms with Gasteiger partial charge in [-0.05, 0) is 53.1 Å². The Hall–Kier alpha value is -5.97. The second-order valence-electron chi connectivity index (χ2n) is 11.3. The first kappa shape index (κ1) is 35.3. The van der Waals surface area contributed by atoms with Gasteiger partial charge in [-0.25, -0.2) is 4.99 Å². The highest BCUT2D eigenvalue weighted by Crippen LogP contribution is 2.46. The summed E-state index contributed by atoms with van der Waals surface area (Å²) in [6.45, 7) is 0.507. The van der Waals surface area contributed by atoms with Gasteiger partial charge in [0.1, 0.15) is 5.75 Å². The van der Waals surface area contributed by atoms with Crippen molar-refractivity contribution in [2.24, 2.45) is 10.1 Å². The minimum Gasteiger partial charge on any atom is -0.494 e. The maximum Gasteiger partial charge on any atom is 0.252 e. The number of rotatable bonds is 16. The normalized spacial score (nSPS) is 16.6. The zero-order chi connectivity index (χ0) is 35.3. The van der Waals surface area contributed by atoms with Gasteiger partial charge in [0, 0.05) is 47.7 Å². The van der Waals surface area contributed by atoms with Gasteiger partial charge in [-0.2, -0.15) is 0 Å². The highest BCUT2D eigenvalue weighted by atomic mass is 16.5. The first-order valence-corrected chi connectivity index (χ1v) is 16.0. The van der Waals surface area contributed by atoms with Crippen LogP contribution in [0.25, 0.3) is 16.5 Å². The standard InChI is InChI=1S/C38H39N5O7/c1-46-32-23-27(24-33(47-2)34(32)48-3)25-40-37(45)38(20-9-13-26-11-5-4-6-12-26)35(30-14-7-8-15-31(30)42-43-39)50-36(41-38)28-16-18-29(19-17-28)49-22-10-21-44/h4-9,11-19,23-24,35,44H,10,20-22,25H2,1-3H3,(H,40,45)/b13-9+/t35-,38-/m1/s1. The molecule has 0 unspecified atom stereocenters. The highest BCUT2D eigenvalue weighted by Gasteiger charge is 2.53. The number of aliphatic hydroxyl groups excluding tert-OH is 1. The molecule has 1 amide bonds. The monoisotopic (exact) mass is 677 g/mol. The fourth-order valence-corrected chi connectivity index (χ4v) is 5.65. The molecule has 0 aliphatic carbocycles. The van der Waals surface area contributed by atoms with Crippen LogP contribution in [-0.4, -0.2) is 57.0 Å². The van der Waals surface area contributed by atoms with Crippen LogP contribution in [0.4, 0.5) is 5.69 Å². The Balaban J connectivity index is 1.58. The van der Waals surface area contributed by atoms with Crippen molar-refractivity contribution in [3.05, 3.63) is 130 Å². The first-order valence-electron chi connectivity index (χ1n) is 16.0. The van der Waals surface area contributed by atoms with Gasteiger partial charge in [-0.1, -0.05) is 71.9 Å². The zero-order valence-electron chi connectivity index (χ0n) is 28.1. The second kappa shape index (κ2) is 16.9. The number of aliphatic imine (C=N–C) groups is 1. The maximum atomic E-state index is 14.7. The molecule has 258 valence electrons. The summed E-state index contributed by atoms with van der Waals surface area (Å²) in [5.74, 6) is 1.78. The van der Waals surface area contributed by atoms with E-state index in [1.165, 1.54) is 21.3 Å². The minimum absolute atomic E-state index is 0.0316. The molecule has 2 N–H and O–H groups in total. The van der Waals surface area contributed by atoms with Crippen molar-refractivity contribution in [3.63, 3.8) is 0 Å². The average molecular weight is 678 g/mol. The summed E-state index contributed by atoms with van der Waals surface area (Å²) < 4.78 is 28.8. The molecule has 12 nitrogen and oxygen atoms in total. The van der Waals surface area contributed by atoms with Gasteiger partial charge < -0.3 is 34.1 Å². The largest absolute Gasteiger partial charge is 0.494 e. The Morgan fingerprint density at radius 2 is 1.70 bits per heavy atom. The third kappa shape index (κ3) is 8.00. The number of carbonyl (C=O) groups excluding carboxylic acids is 1. The predicted octanol–water partition coefficient (Wildman–Crippen LogP) is 7.09. The molecule has 0 spiro atoms. The minimum atomic E-state index is -1.53. The van der Waals surface area contributed by atoms with Crippen molar-refractivity contribution in [1.29, 1.82) is 0 Å². The van der Waals surface area contributed by atoms with Crippen molar-refractivity contribution in [1.82, 2.24) is 5.32 Å². The molecule has 1 aliphatic rings. The summed E-state index contributed by atoms with van der Waals surface area (Å²) in [7, 11) is 4.58. The van der Waals surface area contributed by atoms with Crippen LogP contribution in [0.3, 0.4) is 0 Å². The number of amides is 1. The van der Waals surface area contributed by atoms with Gasteiger partial charge in [-0.15, -0.1) is 0 Å². The van der Waals surface area contributed by atoms with Crippen LogP contribution < -0.4 is 24.3 Å². The maximum absolute atomic E-state index is 14.7. The van der Waals surface area contributed by atoms with E-state index in [9.17, 15) is 10.3 Å². The molecule has 0 fully saturated rings. The van der Waals surface area contributed by atoms with E-state index in [1.807, 2.05) is 42.5 Å². The van der Waals surface area contributed by atoms with Gasteiger partial charge in [-0.3, -0.25) is 4.79 Å². The number of azide groups is 1. The number of hydrogen-bond donors (Lipinski definition) is 2. The molecule has 4 aromatic rings. The van der Waals surface area contributed by atoms with Crippen molar-refractivity contribution in [3.8, 4) is 23.0 Å². The number of aliphatic hydroxyl groups is 1. The lowest BCUT2D eigenvalue weighted by Crippen LogP contribution is -2.47. The Morgan fingerprint density at radius 1 is 1.00 bits per heavy atom. The molecule has 2 atom stereocenters. The summed E-state index contributed by atoms with van der Waals surface area (Å²) in [4.78, 5) is 22.8. The SMILES string of the molecule is COc1cc(CNC(=O)[C@]2(C/C=C/c3ccccc3)N=C(c3ccc(OCCCO)cc3)O[C@@H]2c2ccccc2N=[N+]=[N-])cc(OC)c1OC. The van der Waals surface area contributed by atoms with Crippen LogP contribution >= 0.6 is 0 Å². The summed E-state index contributed by atoms with van der Waals surface area (Å²) in [5, 5.41) is 16.1. The Bertz CT molecular complexity index is 1850. The van der Waals surface area contributed by atoms with E-state index in [0.717, 1.165) is 5.56 Å². The smallest absolute Gasteiger partial charge is 0.252 e. The van der Waals surface area contributed by atoms with Gasteiger partial charge in [0.25, 0.3) is 5.91 Å². The summed E-state index contributed by atoms with van der Waals surface area (Å²) in [6.07, 6.45) is 3.50. The number of ether oxygens (including phenoxy) is 5. The van der Waals surface area contributed by atoms with Crippen LogP contribution in [0, 0.1) is 0 Å². The fourth-order valence-electron chi connectivity index (χ4n) is 5.65. The quantitative estimate of drug-likeness (QED) is 0.0555. The number of hydrogen-bond acceptors (Lipinski definition) is 9. The van der Waals surface area contributed by atoms with E-state index in [2.05, 4.69) is 15.3 Å².